The first-order valence-electron chi connectivity index (χ1n) is 6.21. The molecule has 3 nitrogen and oxygen atoms in total. The van der Waals surface area contributed by atoms with Crippen LogP contribution < -0.4 is 5.32 Å². The van der Waals surface area contributed by atoms with Gasteiger partial charge in [-0.2, -0.15) is 0 Å². The number of carbonyl (C=O) groups is 2. The first-order valence-corrected chi connectivity index (χ1v) is 6.21. The lowest BCUT2D eigenvalue weighted by Crippen LogP contribution is -2.22. The molecule has 3 heteroatoms. The van der Waals surface area contributed by atoms with E-state index in [1.54, 1.807) is 0 Å². The molecule has 2 aliphatic rings. The fourth-order valence-corrected chi connectivity index (χ4v) is 2.84. The lowest BCUT2D eigenvalue weighted by atomic mass is 9.96. The summed E-state index contributed by atoms with van der Waals surface area (Å²) >= 11 is 0. The van der Waals surface area contributed by atoms with Gasteiger partial charge in [-0.3, -0.25) is 9.59 Å². The highest BCUT2D eigenvalue weighted by Gasteiger charge is 2.27. The normalized spacial score (nSPS) is 23.4. The number of fused-ring (bicyclic) bond motifs is 2. The van der Waals surface area contributed by atoms with Crippen molar-refractivity contribution in [2.45, 2.75) is 32.1 Å². The van der Waals surface area contributed by atoms with Crippen molar-refractivity contribution >= 4 is 17.4 Å². The number of anilines is 1. The van der Waals surface area contributed by atoms with Gasteiger partial charge in [0.1, 0.15) is 0 Å². The summed E-state index contributed by atoms with van der Waals surface area (Å²) in [6, 6.07) is 5.64. The average Bonchev–Trinajstić information content (AvgIpc) is 2.41. The van der Waals surface area contributed by atoms with Gasteiger partial charge in [-0.05, 0) is 37.3 Å². The van der Waals surface area contributed by atoms with Gasteiger partial charge in [0.25, 0.3) is 0 Å². The van der Waals surface area contributed by atoms with Gasteiger partial charge in [0.2, 0.25) is 5.91 Å². The molecule has 1 N–H and O–H groups in total. The van der Waals surface area contributed by atoms with Crippen LogP contribution in [0.3, 0.4) is 0 Å². The fraction of sp³-hybridized carbons (Fsp3) is 0.429. The molecule has 1 atom stereocenters. The summed E-state index contributed by atoms with van der Waals surface area (Å²) < 4.78 is 0. The highest BCUT2D eigenvalue weighted by molar-refractivity contribution is 6.02. The van der Waals surface area contributed by atoms with Gasteiger partial charge in [0, 0.05) is 23.6 Å². The summed E-state index contributed by atoms with van der Waals surface area (Å²) in [5.41, 5.74) is 2.69. The van der Waals surface area contributed by atoms with E-state index < -0.39 is 0 Å². The summed E-state index contributed by atoms with van der Waals surface area (Å²) in [5, 5.41) is 2.96. The lowest BCUT2D eigenvalue weighted by molar-refractivity contribution is -0.120. The maximum Gasteiger partial charge on any atom is 0.227 e. The third-order valence-electron chi connectivity index (χ3n) is 3.80. The second-order valence-electron chi connectivity index (χ2n) is 4.87. The number of hydrogen-bond acceptors (Lipinski definition) is 2. The molecule has 88 valence electrons. The SMILES string of the molecule is O=C1CCCC2CCc3c(cccc31)NC2=O. The molecular weight excluding hydrogens is 214 g/mol. The van der Waals surface area contributed by atoms with Crippen LogP contribution in [0.15, 0.2) is 18.2 Å². The van der Waals surface area contributed by atoms with Crippen LogP contribution in [0.1, 0.15) is 41.6 Å². The largest absolute Gasteiger partial charge is 0.326 e. The zero-order valence-corrected chi connectivity index (χ0v) is 9.66. The Morgan fingerprint density at radius 1 is 1.12 bits per heavy atom. The van der Waals surface area contributed by atoms with Crippen LogP contribution in [0.25, 0.3) is 0 Å². The molecule has 1 unspecified atom stereocenters. The monoisotopic (exact) mass is 229 g/mol. The fourth-order valence-electron chi connectivity index (χ4n) is 2.84. The van der Waals surface area contributed by atoms with E-state index >= 15 is 0 Å². The molecule has 0 aromatic heterocycles. The smallest absolute Gasteiger partial charge is 0.227 e. The molecule has 0 fully saturated rings. The molecule has 17 heavy (non-hydrogen) atoms. The standard InChI is InChI=1S/C14H15NO2/c16-13-6-1-3-9-7-8-10-11(13)4-2-5-12(10)15-14(9)17/h2,4-5,9H,1,3,6-8H2,(H,15,17). The van der Waals surface area contributed by atoms with Gasteiger partial charge < -0.3 is 5.32 Å². The molecule has 0 radical (unpaired) electrons. The summed E-state index contributed by atoms with van der Waals surface area (Å²) in [4.78, 5) is 24.1. The average molecular weight is 229 g/mol. The lowest BCUT2D eigenvalue weighted by Gasteiger charge is -2.14. The maximum atomic E-state index is 12.1. The zero-order valence-electron chi connectivity index (χ0n) is 9.66. The molecular formula is C14H15NO2. The van der Waals surface area contributed by atoms with E-state index in [0.29, 0.717) is 6.42 Å². The Kier molecular flexibility index (Phi) is 2.46. The minimum Gasteiger partial charge on any atom is -0.326 e. The van der Waals surface area contributed by atoms with Crippen molar-refractivity contribution in [1.82, 2.24) is 0 Å². The van der Waals surface area contributed by atoms with E-state index in [0.717, 1.165) is 42.5 Å². The molecule has 0 saturated heterocycles. The zero-order chi connectivity index (χ0) is 11.8. The van der Waals surface area contributed by atoms with E-state index in [1.165, 1.54) is 0 Å². The second kappa shape index (κ2) is 3.99. The summed E-state index contributed by atoms with van der Waals surface area (Å²) in [5.74, 6) is 0.412. The van der Waals surface area contributed by atoms with Gasteiger partial charge in [-0.25, -0.2) is 0 Å². The van der Waals surface area contributed by atoms with Crippen molar-refractivity contribution in [3.05, 3.63) is 29.3 Å². The van der Waals surface area contributed by atoms with E-state index in [4.69, 9.17) is 0 Å². The van der Waals surface area contributed by atoms with E-state index in [-0.39, 0.29) is 17.6 Å². The molecule has 1 aliphatic heterocycles. The molecule has 1 aromatic carbocycles. The Morgan fingerprint density at radius 2 is 2.00 bits per heavy atom. The first-order chi connectivity index (χ1) is 8.25. The van der Waals surface area contributed by atoms with Crippen LogP contribution in [-0.2, 0) is 11.2 Å². The number of rotatable bonds is 0. The molecule has 2 bridgehead atoms. The quantitative estimate of drug-likeness (QED) is 0.743. The van der Waals surface area contributed by atoms with Crippen LogP contribution >= 0.6 is 0 Å². The number of Topliss-reactive ketones (excluding diaryl/α,β-unsaturated/α-hetero) is 1. The number of benzene rings is 1. The highest BCUT2D eigenvalue weighted by atomic mass is 16.2. The van der Waals surface area contributed by atoms with Crippen LogP contribution in [0.4, 0.5) is 5.69 Å². The number of carbonyl (C=O) groups excluding carboxylic acids is 2. The third-order valence-corrected chi connectivity index (χ3v) is 3.80. The van der Waals surface area contributed by atoms with Gasteiger partial charge in [-0.1, -0.05) is 12.1 Å². The van der Waals surface area contributed by atoms with Crippen molar-refractivity contribution in [3.8, 4) is 0 Å². The molecule has 0 spiro atoms. The minimum absolute atomic E-state index is 0.0705. The van der Waals surface area contributed by atoms with Gasteiger partial charge in [0.05, 0.1) is 0 Å². The van der Waals surface area contributed by atoms with E-state index in [2.05, 4.69) is 5.32 Å². The minimum atomic E-state index is 0.0705. The molecule has 3 rings (SSSR count). The predicted octanol–water partition coefficient (Wildman–Crippen LogP) is 2.55. The summed E-state index contributed by atoms with van der Waals surface area (Å²) in [6.45, 7) is 0. The van der Waals surface area contributed by atoms with Crippen molar-refractivity contribution < 1.29 is 9.59 Å². The third kappa shape index (κ3) is 1.75. The number of hydrogen-bond donors (Lipinski definition) is 1. The molecule has 1 aliphatic carbocycles. The van der Waals surface area contributed by atoms with Crippen molar-refractivity contribution in [1.29, 1.82) is 0 Å². The summed E-state index contributed by atoms with van der Waals surface area (Å²) in [7, 11) is 0. The van der Waals surface area contributed by atoms with Gasteiger partial charge in [0.15, 0.2) is 5.78 Å². The van der Waals surface area contributed by atoms with Crippen molar-refractivity contribution in [3.63, 3.8) is 0 Å². The van der Waals surface area contributed by atoms with Crippen LogP contribution in [-0.4, -0.2) is 11.7 Å². The van der Waals surface area contributed by atoms with Crippen LogP contribution in [0, 0.1) is 5.92 Å². The Labute approximate surface area is 100 Å². The summed E-state index contributed by atoms with van der Waals surface area (Å²) in [6.07, 6.45) is 3.92. The van der Waals surface area contributed by atoms with Crippen LogP contribution in [0.5, 0.6) is 0 Å². The molecule has 1 heterocycles. The van der Waals surface area contributed by atoms with Gasteiger partial charge in [-0.15, -0.1) is 0 Å². The Balaban J connectivity index is 2.16. The molecule has 0 saturated carbocycles. The number of ketones is 1. The highest BCUT2D eigenvalue weighted by Crippen LogP contribution is 2.32. The van der Waals surface area contributed by atoms with E-state index in [1.807, 2.05) is 18.2 Å². The predicted molar refractivity (Wildman–Crippen MR) is 65.1 cm³/mol. The Hall–Kier alpha value is -1.64. The van der Waals surface area contributed by atoms with Crippen molar-refractivity contribution in [2.24, 2.45) is 5.92 Å². The van der Waals surface area contributed by atoms with E-state index in [9.17, 15) is 9.59 Å². The number of amides is 1. The molecule has 1 aromatic rings. The Bertz CT molecular complexity index is 493. The van der Waals surface area contributed by atoms with Crippen molar-refractivity contribution in [2.75, 3.05) is 5.32 Å². The van der Waals surface area contributed by atoms with Crippen LogP contribution in [0.2, 0.25) is 0 Å². The topological polar surface area (TPSA) is 46.2 Å². The number of nitrogens with one attached hydrogen (secondary N) is 1. The maximum absolute atomic E-state index is 12.1. The Morgan fingerprint density at radius 3 is 2.88 bits per heavy atom. The first kappa shape index (κ1) is 10.5. The van der Waals surface area contributed by atoms with Gasteiger partial charge >= 0.3 is 0 Å². The molecule has 1 amide bonds. The second-order valence-corrected chi connectivity index (χ2v) is 4.87.